The highest BCUT2D eigenvalue weighted by molar-refractivity contribution is 5.92. The van der Waals surface area contributed by atoms with Crippen molar-refractivity contribution in [3.8, 4) is 17.2 Å². The van der Waals surface area contributed by atoms with Gasteiger partial charge in [-0.15, -0.1) is 0 Å². The molecule has 1 fully saturated rings. The zero-order valence-electron chi connectivity index (χ0n) is 13.7. The highest BCUT2D eigenvalue weighted by Crippen LogP contribution is 2.40. The third-order valence-corrected chi connectivity index (χ3v) is 4.35. The first-order valence-corrected chi connectivity index (χ1v) is 8.15. The van der Waals surface area contributed by atoms with Crippen LogP contribution in [0.15, 0.2) is 18.2 Å². The zero-order chi connectivity index (χ0) is 16.2. The number of hydrogen-bond donors (Lipinski definition) is 0. The molecule has 1 atom stereocenters. The Morgan fingerprint density at radius 3 is 2.91 bits per heavy atom. The molecule has 3 rings (SSSR count). The second-order valence-electron chi connectivity index (χ2n) is 5.96. The molecule has 0 spiro atoms. The Labute approximate surface area is 136 Å². The minimum atomic E-state index is 0.0612. The predicted octanol–water partition coefficient (Wildman–Crippen LogP) is 2.88. The van der Waals surface area contributed by atoms with Gasteiger partial charge in [0.2, 0.25) is 11.7 Å². The number of hydrogen-bond acceptors (Lipinski definition) is 4. The maximum atomic E-state index is 12.4. The highest BCUT2D eigenvalue weighted by Gasteiger charge is 2.21. The van der Waals surface area contributed by atoms with Crippen LogP contribution in [0.3, 0.4) is 0 Å². The molecule has 1 aromatic carbocycles. The molecule has 5 heteroatoms. The number of methoxy groups -OCH3 is 1. The number of piperidine rings is 1. The number of ether oxygens (including phenoxy) is 3. The molecular formula is C18H23NO4. The van der Waals surface area contributed by atoms with Crippen LogP contribution < -0.4 is 14.2 Å². The maximum absolute atomic E-state index is 12.4. The average Bonchev–Trinajstić information content (AvgIpc) is 2.59. The molecule has 1 saturated heterocycles. The summed E-state index contributed by atoms with van der Waals surface area (Å²) in [4.78, 5) is 14.3. The van der Waals surface area contributed by atoms with Crippen LogP contribution in [-0.2, 0) is 4.79 Å². The normalized spacial score (nSPS) is 20.6. The van der Waals surface area contributed by atoms with Gasteiger partial charge in [-0.25, -0.2) is 0 Å². The summed E-state index contributed by atoms with van der Waals surface area (Å²) in [6.45, 7) is 3.99. The van der Waals surface area contributed by atoms with Gasteiger partial charge in [0.25, 0.3) is 0 Å². The molecule has 1 amide bonds. The number of rotatable bonds is 3. The lowest BCUT2D eigenvalue weighted by Crippen LogP contribution is -2.41. The standard InChI is InChI=1S/C18H23NO4/c1-13-5-3-4-8-19(13)17(20)7-6-14-11-15(21-2)18-16(12-14)22-9-10-23-18/h6-7,11-13H,3-5,8-10H2,1-2H3. The maximum Gasteiger partial charge on any atom is 0.246 e. The van der Waals surface area contributed by atoms with Crippen molar-refractivity contribution < 1.29 is 19.0 Å². The van der Waals surface area contributed by atoms with E-state index in [1.165, 1.54) is 6.42 Å². The Bertz CT molecular complexity index is 594. The van der Waals surface area contributed by atoms with Crippen LogP contribution >= 0.6 is 0 Å². The summed E-state index contributed by atoms with van der Waals surface area (Å²) in [6.07, 6.45) is 6.81. The zero-order valence-corrected chi connectivity index (χ0v) is 13.7. The van der Waals surface area contributed by atoms with Gasteiger partial charge < -0.3 is 19.1 Å². The fourth-order valence-corrected chi connectivity index (χ4v) is 3.08. The van der Waals surface area contributed by atoms with E-state index in [1.807, 2.05) is 23.1 Å². The topological polar surface area (TPSA) is 48.0 Å². The van der Waals surface area contributed by atoms with Crippen molar-refractivity contribution in [1.82, 2.24) is 4.90 Å². The molecule has 1 unspecified atom stereocenters. The van der Waals surface area contributed by atoms with Gasteiger partial charge in [0.1, 0.15) is 13.2 Å². The van der Waals surface area contributed by atoms with Gasteiger partial charge in [0.05, 0.1) is 7.11 Å². The average molecular weight is 317 g/mol. The number of carbonyl (C=O) groups is 1. The second-order valence-corrected chi connectivity index (χ2v) is 5.96. The monoisotopic (exact) mass is 317 g/mol. The van der Waals surface area contributed by atoms with E-state index in [0.717, 1.165) is 24.9 Å². The van der Waals surface area contributed by atoms with Crippen molar-refractivity contribution in [2.45, 2.75) is 32.2 Å². The van der Waals surface area contributed by atoms with Gasteiger partial charge in [0, 0.05) is 18.7 Å². The highest BCUT2D eigenvalue weighted by atomic mass is 16.6. The van der Waals surface area contributed by atoms with Gasteiger partial charge in [-0.2, -0.15) is 0 Å². The first-order chi connectivity index (χ1) is 11.2. The molecule has 5 nitrogen and oxygen atoms in total. The molecule has 0 bridgehead atoms. The number of carbonyl (C=O) groups excluding carboxylic acids is 1. The lowest BCUT2D eigenvalue weighted by atomic mass is 10.0. The van der Waals surface area contributed by atoms with Gasteiger partial charge in [-0.1, -0.05) is 0 Å². The van der Waals surface area contributed by atoms with E-state index in [1.54, 1.807) is 13.2 Å². The van der Waals surface area contributed by atoms with Crippen molar-refractivity contribution in [3.05, 3.63) is 23.8 Å². The molecule has 2 aliphatic heterocycles. The Morgan fingerprint density at radius 2 is 2.13 bits per heavy atom. The summed E-state index contributed by atoms with van der Waals surface area (Å²) in [5.74, 6) is 1.98. The fourth-order valence-electron chi connectivity index (χ4n) is 3.08. The minimum absolute atomic E-state index is 0.0612. The number of benzene rings is 1. The van der Waals surface area contributed by atoms with Crippen LogP contribution in [0, 0.1) is 0 Å². The fraction of sp³-hybridized carbons (Fsp3) is 0.500. The first kappa shape index (κ1) is 15.7. The Kier molecular flexibility index (Phi) is 4.74. The Morgan fingerprint density at radius 1 is 1.30 bits per heavy atom. The van der Waals surface area contributed by atoms with Crippen molar-refractivity contribution in [2.24, 2.45) is 0 Å². The van der Waals surface area contributed by atoms with Gasteiger partial charge in [-0.3, -0.25) is 4.79 Å². The summed E-state index contributed by atoms with van der Waals surface area (Å²) in [5.41, 5.74) is 0.865. The summed E-state index contributed by atoms with van der Waals surface area (Å²) < 4.78 is 16.6. The summed E-state index contributed by atoms with van der Waals surface area (Å²) in [7, 11) is 1.60. The van der Waals surface area contributed by atoms with E-state index >= 15 is 0 Å². The van der Waals surface area contributed by atoms with Crippen molar-refractivity contribution in [1.29, 1.82) is 0 Å². The summed E-state index contributed by atoms with van der Waals surface area (Å²) in [5, 5.41) is 0. The molecule has 0 N–H and O–H groups in total. The summed E-state index contributed by atoms with van der Waals surface area (Å²) in [6, 6.07) is 4.05. The van der Waals surface area contributed by atoms with E-state index < -0.39 is 0 Å². The van der Waals surface area contributed by atoms with E-state index in [0.29, 0.717) is 36.5 Å². The van der Waals surface area contributed by atoms with Crippen LogP contribution in [0.2, 0.25) is 0 Å². The van der Waals surface area contributed by atoms with Gasteiger partial charge in [-0.05, 0) is 50.0 Å². The van der Waals surface area contributed by atoms with Crippen molar-refractivity contribution in [3.63, 3.8) is 0 Å². The first-order valence-electron chi connectivity index (χ1n) is 8.15. The molecule has 23 heavy (non-hydrogen) atoms. The van der Waals surface area contributed by atoms with Crippen LogP contribution in [0.5, 0.6) is 17.2 Å². The molecule has 124 valence electrons. The van der Waals surface area contributed by atoms with E-state index in [-0.39, 0.29) is 5.91 Å². The van der Waals surface area contributed by atoms with Gasteiger partial charge >= 0.3 is 0 Å². The molecule has 0 aliphatic carbocycles. The van der Waals surface area contributed by atoms with Crippen LogP contribution in [-0.4, -0.2) is 43.7 Å². The Balaban J connectivity index is 1.78. The van der Waals surface area contributed by atoms with Crippen LogP contribution in [0.4, 0.5) is 0 Å². The second kappa shape index (κ2) is 6.94. The van der Waals surface area contributed by atoms with Crippen LogP contribution in [0.1, 0.15) is 31.7 Å². The SMILES string of the molecule is COc1cc(C=CC(=O)N2CCCCC2C)cc2c1OCCO2. The molecule has 0 radical (unpaired) electrons. The molecule has 2 aliphatic rings. The summed E-state index contributed by atoms with van der Waals surface area (Å²) >= 11 is 0. The Hall–Kier alpha value is -2.17. The largest absolute Gasteiger partial charge is 0.493 e. The molecule has 0 saturated carbocycles. The molecule has 1 aromatic rings. The van der Waals surface area contributed by atoms with Crippen molar-refractivity contribution >= 4 is 12.0 Å². The van der Waals surface area contributed by atoms with Crippen molar-refractivity contribution in [2.75, 3.05) is 26.9 Å². The number of amides is 1. The lowest BCUT2D eigenvalue weighted by Gasteiger charge is -2.32. The minimum Gasteiger partial charge on any atom is -0.493 e. The van der Waals surface area contributed by atoms with E-state index in [2.05, 4.69) is 6.92 Å². The molecule has 2 heterocycles. The lowest BCUT2D eigenvalue weighted by molar-refractivity contribution is -0.129. The quantitative estimate of drug-likeness (QED) is 0.804. The van der Waals surface area contributed by atoms with E-state index in [4.69, 9.17) is 14.2 Å². The predicted molar refractivity (Wildman–Crippen MR) is 88.0 cm³/mol. The number of fused-ring (bicyclic) bond motifs is 1. The van der Waals surface area contributed by atoms with E-state index in [9.17, 15) is 4.79 Å². The van der Waals surface area contributed by atoms with Crippen LogP contribution in [0.25, 0.3) is 6.08 Å². The van der Waals surface area contributed by atoms with Gasteiger partial charge in [0.15, 0.2) is 11.5 Å². The molecule has 0 aromatic heterocycles. The number of likely N-dealkylation sites (tertiary alicyclic amines) is 1. The number of nitrogens with zero attached hydrogens (tertiary/aromatic N) is 1. The molecular weight excluding hydrogens is 294 g/mol. The third kappa shape index (κ3) is 3.44. The smallest absolute Gasteiger partial charge is 0.246 e. The third-order valence-electron chi connectivity index (χ3n) is 4.35.